The molecular weight excluding hydrogens is 353 g/mol. The number of ether oxygens (including phenoxy) is 2. The minimum absolute atomic E-state index is 0.781. The van der Waals surface area contributed by atoms with Gasteiger partial charge in [-0.05, 0) is 54.1 Å². The second-order valence-electron chi connectivity index (χ2n) is 4.30. The fourth-order valence-corrected chi connectivity index (χ4v) is 2.15. The molecule has 0 saturated carbocycles. The van der Waals surface area contributed by atoms with Crippen molar-refractivity contribution in [3.8, 4) is 0 Å². The molecule has 1 rings (SSSR count). The van der Waals surface area contributed by atoms with Gasteiger partial charge >= 0.3 is 0 Å². The van der Waals surface area contributed by atoms with Gasteiger partial charge in [-0.2, -0.15) is 0 Å². The van der Waals surface area contributed by atoms with E-state index in [-0.39, 0.29) is 0 Å². The summed E-state index contributed by atoms with van der Waals surface area (Å²) in [5.41, 5.74) is 1.34. The number of rotatable bonds is 10. The number of halogens is 1. The van der Waals surface area contributed by atoms with Gasteiger partial charge in [-0.25, -0.2) is 0 Å². The normalized spacial score (nSPS) is 11.2. The van der Waals surface area contributed by atoms with Crippen LogP contribution in [0.3, 0.4) is 0 Å². The Labute approximate surface area is 130 Å². The van der Waals surface area contributed by atoms with Gasteiger partial charge in [-0.3, -0.25) is 4.90 Å². The van der Waals surface area contributed by atoms with E-state index in [9.17, 15) is 0 Å². The summed E-state index contributed by atoms with van der Waals surface area (Å²) in [4.78, 5) is 2.38. The molecule has 1 aromatic rings. The second-order valence-corrected chi connectivity index (χ2v) is 5.54. The van der Waals surface area contributed by atoms with Crippen molar-refractivity contribution in [1.29, 1.82) is 0 Å². The molecule has 0 bridgehead atoms. The average Bonchev–Trinajstić information content (AvgIpc) is 2.41. The standard InChI is InChI=1S/C15H24INO2/c1-3-18-11-9-17(10-12-19-4-2)13-14-5-7-15(16)8-6-14/h5-8H,3-4,9-13H2,1-2H3. The summed E-state index contributed by atoms with van der Waals surface area (Å²) in [6.45, 7) is 10.1. The first-order valence-corrected chi connectivity index (χ1v) is 7.96. The molecule has 0 aliphatic rings. The van der Waals surface area contributed by atoms with E-state index in [1.54, 1.807) is 0 Å². The fraction of sp³-hybridized carbons (Fsp3) is 0.600. The Balaban J connectivity index is 2.44. The van der Waals surface area contributed by atoms with Gasteiger partial charge in [0.2, 0.25) is 0 Å². The minimum atomic E-state index is 0.781. The van der Waals surface area contributed by atoms with Gasteiger partial charge in [0.05, 0.1) is 13.2 Å². The Morgan fingerprint density at radius 3 is 1.95 bits per heavy atom. The first-order valence-electron chi connectivity index (χ1n) is 6.88. The van der Waals surface area contributed by atoms with Gasteiger partial charge in [-0.15, -0.1) is 0 Å². The molecule has 0 aliphatic heterocycles. The van der Waals surface area contributed by atoms with E-state index in [0.29, 0.717) is 0 Å². The maximum absolute atomic E-state index is 5.44. The van der Waals surface area contributed by atoms with Crippen LogP contribution in [-0.2, 0) is 16.0 Å². The molecule has 1 aromatic carbocycles. The van der Waals surface area contributed by atoms with Crippen LogP contribution in [0.25, 0.3) is 0 Å². The predicted octanol–water partition coefficient (Wildman–Crippen LogP) is 3.17. The largest absolute Gasteiger partial charge is 0.380 e. The Morgan fingerprint density at radius 2 is 1.47 bits per heavy atom. The molecule has 0 radical (unpaired) electrons. The number of hydrogen-bond donors (Lipinski definition) is 0. The number of nitrogens with zero attached hydrogens (tertiary/aromatic N) is 1. The molecule has 0 N–H and O–H groups in total. The van der Waals surface area contributed by atoms with Crippen molar-refractivity contribution >= 4 is 22.6 Å². The molecule has 0 aliphatic carbocycles. The molecule has 0 aromatic heterocycles. The third-order valence-electron chi connectivity index (χ3n) is 2.83. The Kier molecular flexibility index (Phi) is 9.42. The van der Waals surface area contributed by atoms with Crippen molar-refractivity contribution in [3.63, 3.8) is 0 Å². The van der Waals surface area contributed by atoms with E-state index in [4.69, 9.17) is 9.47 Å². The molecule has 4 heteroatoms. The van der Waals surface area contributed by atoms with Crippen molar-refractivity contribution in [3.05, 3.63) is 33.4 Å². The first-order chi connectivity index (χ1) is 9.26. The predicted molar refractivity (Wildman–Crippen MR) is 87.4 cm³/mol. The SMILES string of the molecule is CCOCCN(CCOCC)Cc1ccc(I)cc1. The molecular formula is C15H24INO2. The van der Waals surface area contributed by atoms with E-state index < -0.39 is 0 Å². The lowest BCUT2D eigenvalue weighted by Crippen LogP contribution is -2.30. The van der Waals surface area contributed by atoms with E-state index in [1.807, 2.05) is 13.8 Å². The monoisotopic (exact) mass is 377 g/mol. The summed E-state index contributed by atoms with van der Waals surface area (Å²) in [5.74, 6) is 0. The lowest BCUT2D eigenvalue weighted by atomic mass is 10.2. The van der Waals surface area contributed by atoms with Crippen LogP contribution in [0.5, 0.6) is 0 Å². The van der Waals surface area contributed by atoms with Crippen molar-refractivity contribution in [2.24, 2.45) is 0 Å². The van der Waals surface area contributed by atoms with Crippen LogP contribution < -0.4 is 0 Å². The number of benzene rings is 1. The minimum Gasteiger partial charge on any atom is -0.380 e. The Bertz CT molecular complexity index is 319. The van der Waals surface area contributed by atoms with E-state index in [2.05, 4.69) is 51.8 Å². The topological polar surface area (TPSA) is 21.7 Å². The zero-order valence-corrected chi connectivity index (χ0v) is 14.1. The lowest BCUT2D eigenvalue weighted by molar-refractivity contribution is 0.0798. The average molecular weight is 377 g/mol. The van der Waals surface area contributed by atoms with Crippen molar-refractivity contribution in [2.75, 3.05) is 39.5 Å². The highest BCUT2D eigenvalue weighted by atomic mass is 127. The molecule has 3 nitrogen and oxygen atoms in total. The van der Waals surface area contributed by atoms with Gasteiger partial charge in [-0.1, -0.05) is 12.1 Å². The Hall–Kier alpha value is -0.170. The van der Waals surface area contributed by atoms with Gasteiger partial charge in [0.15, 0.2) is 0 Å². The quantitative estimate of drug-likeness (QED) is 0.462. The summed E-state index contributed by atoms with van der Waals surface area (Å²) in [7, 11) is 0. The molecule has 0 atom stereocenters. The van der Waals surface area contributed by atoms with Gasteiger partial charge < -0.3 is 9.47 Å². The summed E-state index contributed by atoms with van der Waals surface area (Å²) < 4.78 is 12.2. The summed E-state index contributed by atoms with van der Waals surface area (Å²) in [5, 5.41) is 0. The highest BCUT2D eigenvalue weighted by Crippen LogP contribution is 2.09. The summed E-state index contributed by atoms with van der Waals surface area (Å²) in [6.07, 6.45) is 0. The summed E-state index contributed by atoms with van der Waals surface area (Å²) >= 11 is 2.33. The van der Waals surface area contributed by atoms with Crippen LogP contribution >= 0.6 is 22.6 Å². The molecule has 0 saturated heterocycles. The molecule has 0 amide bonds. The highest BCUT2D eigenvalue weighted by Gasteiger charge is 2.06. The zero-order valence-electron chi connectivity index (χ0n) is 11.9. The molecule has 0 fully saturated rings. The van der Waals surface area contributed by atoms with E-state index >= 15 is 0 Å². The molecule has 19 heavy (non-hydrogen) atoms. The zero-order chi connectivity index (χ0) is 13.9. The first kappa shape index (κ1) is 16.9. The van der Waals surface area contributed by atoms with Gasteiger partial charge in [0.25, 0.3) is 0 Å². The van der Waals surface area contributed by atoms with Crippen LogP contribution in [0, 0.1) is 3.57 Å². The highest BCUT2D eigenvalue weighted by molar-refractivity contribution is 14.1. The second kappa shape index (κ2) is 10.6. The Morgan fingerprint density at radius 1 is 0.947 bits per heavy atom. The van der Waals surface area contributed by atoms with E-state index in [0.717, 1.165) is 46.1 Å². The fourth-order valence-electron chi connectivity index (χ4n) is 1.79. The molecule has 108 valence electrons. The number of hydrogen-bond acceptors (Lipinski definition) is 3. The molecule has 0 spiro atoms. The lowest BCUT2D eigenvalue weighted by Gasteiger charge is -2.22. The van der Waals surface area contributed by atoms with Crippen LogP contribution in [0.4, 0.5) is 0 Å². The maximum atomic E-state index is 5.44. The van der Waals surface area contributed by atoms with Crippen molar-refractivity contribution in [2.45, 2.75) is 20.4 Å². The smallest absolute Gasteiger partial charge is 0.0593 e. The van der Waals surface area contributed by atoms with Crippen LogP contribution in [0.15, 0.2) is 24.3 Å². The maximum Gasteiger partial charge on any atom is 0.0593 e. The third-order valence-corrected chi connectivity index (χ3v) is 3.55. The third kappa shape index (κ3) is 7.87. The van der Waals surface area contributed by atoms with Crippen LogP contribution in [0.1, 0.15) is 19.4 Å². The van der Waals surface area contributed by atoms with Crippen LogP contribution in [-0.4, -0.2) is 44.4 Å². The summed E-state index contributed by atoms with van der Waals surface area (Å²) in [6, 6.07) is 8.69. The molecule has 0 heterocycles. The van der Waals surface area contributed by atoms with Gasteiger partial charge in [0, 0.05) is 36.4 Å². The van der Waals surface area contributed by atoms with Crippen LogP contribution in [0.2, 0.25) is 0 Å². The molecule has 0 unspecified atom stereocenters. The van der Waals surface area contributed by atoms with Gasteiger partial charge in [0.1, 0.15) is 0 Å². The van der Waals surface area contributed by atoms with Crippen molar-refractivity contribution in [1.82, 2.24) is 4.90 Å². The van der Waals surface area contributed by atoms with Crippen molar-refractivity contribution < 1.29 is 9.47 Å². The van der Waals surface area contributed by atoms with E-state index in [1.165, 1.54) is 9.13 Å².